The van der Waals surface area contributed by atoms with Crippen molar-refractivity contribution in [3.8, 4) is 33.7 Å². The van der Waals surface area contributed by atoms with E-state index in [4.69, 9.17) is 9.40 Å². The fraction of sp³-hybridized carbons (Fsp3) is 0. The highest BCUT2D eigenvalue weighted by molar-refractivity contribution is 7.25. The summed E-state index contributed by atoms with van der Waals surface area (Å²) in [6.07, 6.45) is 0. The van der Waals surface area contributed by atoms with E-state index in [-0.39, 0.29) is 0 Å². The number of hydrogen-bond donors (Lipinski definition) is 0. The predicted octanol–water partition coefficient (Wildman–Crippen LogP) is 20.7. The third-order valence-electron chi connectivity index (χ3n) is 15.1. The van der Waals surface area contributed by atoms with Crippen LogP contribution in [0.2, 0.25) is 0 Å². The van der Waals surface area contributed by atoms with Crippen LogP contribution in [-0.4, -0.2) is 4.98 Å². The highest BCUT2D eigenvalue weighted by Gasteiger charge is 2.19. The predicted molar refractivity (Wildman–Crippen MR) is 323 cm³/mol. The molecule has 0 aliphatic carbocycles. The number of fused-ring (bicyclic) bond motifs is 9. The van der Waals surface area contributed by atoms with Crippen molar-refractivity contribution in [2.45, 2.75) is 0 Å². The molecule has 0 aliphatic heterocycles. The Balaban J connectivity index is 0.822. The van der Waals surface area contributed by atoms with Crippen molar-refractivity contribution < 1.29 is 4.42 Å². The van der Waals surface area contributed by atoms with Gasteiger partial charge in [-0.3, -0.25) is 0 Å². The number of benzene rings is 13. The molecule has 0 spiro atoms. The number of thiophene rings is 1. The van der Waals surface area contributed by atoms with Crippen molar-refractivity contribution in [1.29, 1.82) is 0 Å². The zero-order valence-corrected chi connectivity index (χ0v) is 42.0. The smallest absolute Gasteiger partial charge is 0.227 e. The van der Waals surface area contributed by atoms with Gasteiger partial charge in [0.2, 0.25) is 5.89 Å². The van der Waals surface area contributed by atoms with E-state index in [9.17, 15) is 0 Å². The van der Waals surface area contributed by atoms with Gasteiger partial charge in [-0.2, -0.15) is 0 Å². The maximum atomic E-state index is 6.19. The van der Waals surface area contributed by atoms with E-state index in [1.54, 1.807) is 0 Å². The standard InChI is InChI=1S/C71H45N3OS/c1-3-15-59-46(11-1)13-9-18-61(59)48-25-31-53(32-26-48)73(54-35-29-50(30-36-54)71-72-67-20-6-7-21-68(67)75-71)56-37-40-63-51(43-56)23-24-52-44-57(38-41-64(52)63)74(58-39-42-70-66(45-58)65-17-5-8-22-69(65)76-70)55-33-27-49(28-34-55)62-19-10-14-47-12-2-4-16-60(47)62/h1-45H. The van der Waals surface area contributed by atoms with Gasteiger partial charge in [-0.15, -0.1) is 11.3 Å². The average Bonchev–Trinajstić information content (AvgIpc) is 4.11. The van der Waals surface area contributed by atoms with E-state index in [0.29, 0.717) is 5.89 Å². The third kappa shape index (κ3) is 7.55. The minimum Gasteiger partial charge on any atom is -0.436 e. The number of para-hydroxylation sites is 2. The zero-order valence-electron chi connectivity index (χ0n) is 41.1. The molecule has 5 heteroatoms. The number of anilines is 6. The Kier molecular flexibility index (Phi) is 10.4. The molecule has 15 rings (SSSR count). The Morgan fingerprint density at radius 2 is 0.737 bits per heavy atom. The van der Waals surface area contributed by atoms with Crippen LogP contribution >= 0.6 is 11.3 Å². The average molecular weight is 988 g/mol. The maximum Gasteiger partial charge on any atom is 0.227 e. The second-order valence-electron chi connectivity index (χ2n) is 19.5. The second-order valence-corrected chi connectivity index (χ2v) is 20.6. The number of hydrogen-bond acceptors (Lipinski definition) is 5. The summed E-state index contributed by atoms with van der Waals surface area (Å²) >= 11 is 1.85. The summed E-state index contributed by atoms with van der Waals surface area (Å²) in [7, 11) is 0. The molecule has 2 aromatic heterocycles. The van der Waals surface area contributed by atoms with E-state index in [0.717, 1.165) is 56.2 Å². The summed E-state index contributed by atoms with van der Waals surface area (Å²) in [5.41, 5.74) is 13.8. The summed E-state index contributed by atoms with van der Waals surface area (Å²) in [6.45, 7) is 0. The lowest BCUT2D eigenvalue weighted by molar-refractivity contribution is 0.620. The van der Waals surface area contributed by atoms with Gasteiger partial charge in [-0.25, -0.2) is 4.98 Å². The largest absolute Gasteiger partial charge is 0.436 e. The van der Waals surface area contributed by atoms with Crippen molar-refractivity contribution in [2.75, 3.05) is 9.80 Å². The Morgan fingerprint density at radius 3 is 1.33 bits per heavy atom. The Bertz CT molecular complexity index is 4670. The maximum absolute atomic E-state index is 6.19. The fourth-order valence-corrected chi connectivity index (χ4v) is 12.4. The lowest BCUT2D eigenvalue weighted by Crippen LogP contribution is -2.10. The van der Waals surface area contributed by atoms with Gasteiger partial charge in [0, 0.05) is 59.9 Å². The number of aromatic nitrogens is 1. The molecular weight excluding hydrogens is 943 g/mol. The highest BCUT2D eigenvalue weighted by Crippen LogP contribution is 2.44. The highest BCUT2D eigenvalue weighted by atomic mass is 32.1. The van der Waals surface area contributed by atoms with Crippen LogP contribution in [0.3, 0.4) is 0 Å². The van der Waals surface area contributed by atoms with Crippen molar-refractivity contribution in [3.05, 3.63) is 273 Å². The Labute approximate surface area is 443 Å². The summed E-state index contributed by atoms with van der Waals surface area (Å²) in [5.74, 6) is 0.606. The molecule has 15 aromatic rings. The first-order valence-corrected chi connectivity index (χ1v) is 26.6. The molecule has 2 heterocycles. The second kappa shape index (κ2) is 18.0. The van der Waals surface area contributed by atoms with Crippen LogP contribution in [0.4, 0.5) is 34.1 Å². The molecule has 0 fully saturated rings. The molecule has 0 saturated carbocycles. The van der Waals surface area contributed by atoms with Crippen LogP contribution in [0.1, 0.15) is 0 Å². The summed E-state index contributed by atoms with van der Waals surface area (Å²) in [5, 5.41) is 12.3. The van der Waals surface area contributed by atoms with Crippen molar-refractivity contribution in [1.82, 2.24) is 4.98 Å². The van der Waals surface area contributed by atoms with E-state index in [2.05, 4.69) is 259 Å². The minimum atomic E-state index is 0.606. The SMILES string of the molecule is c1ccc2c(-c3ccc(N(c4ccc(-c5nc6ccccc6o5)cc4)c4ccc5c(ccc6cc(N(c7ccc(-c8cccc9ccccc89)cc7)c7ccc8sc9ccccc9c8c7)ccc65)c4)cc3)cccc2c1. The van der Waals surface area contributed by atoms with Crippen LogP contribution in [0.15, 0.2) is 277 Å². The molecule has 0 amide bonds. The minimum absolute atomic E-state index is 0.606. The number of rotatable bonds is 9. The molecule has 13 aromatic carbocycles. The zero-order chi connectivity index (χ0) is 50.1. The summed E-state index contributed by atoms with van der Waals surface area (Å²) in [6, 6.07) is 98.8. The quantitative estimate of drug-likeness (QED) is 0.135. The normalized spacial score (nSPS) is 11.7. The molecule has 356 valence electrons. The van der Waals surface area contributed by atoms with Crippen LogP contribution < -0.4 is 9.80 Å². The van der Waals surface area contributed by atoms with Crippen molar-refractivity contribution >= 4 is 120 Å². The third-order valence-corrected chi connectivity index (χ3v) is 16.2. The molecule has 0 aliphatic rings. The molecule has 0 N–H and O–H groups in total. The molecule has 0 unspecified atom stereocenters. The van der Waals surface area contributed by atoms with Gasteiger partial charge in [0.1, 0.15) is 5.52 Å². The number of nitrogens with zero attached hydrogens (tertiary/aromatic N) is 3. The molecular formula is C71H45N3OS. The van der Waals surface area contributed by atoms with Gasteiger partial charge in [-0.1, -0.05) is 164 Å². The van der Waals surface area contributed by atoms with Gasteiger partial charge < -0.3 is 14.2 Å². The molecule has 0 radical (unpaired) electrons. The van der Waals surface area contributed by atoms with Crippen LogP contribution in [0.5, 0.6) is 0 Å². The fourth-order valence-electron chi connectivity index (χ4n) is 11.4. The lowest BCUT2D eigenvalue weighted by Gasteiger charge is -2.27. The molecule has 4 nitrogen and oxygen atoms in total. The van der Waals surface area contributed by atoms with E-state index < -0.39 is 0 Å². The van der Waals surface area contributed by atoms with Crippen molar-refractivity contribution in [2.24, 2.45) is 0 Å². The van der Waals surface area contributed by atoms with Crippen molar-refractivity contribution in [3.63, 3.8) is 0 Å². The van der Waals surface area contributed by atoms with E-state index >= 15 is 0 Å². The van der Waals surface area contributed by atoms with Gasteiger partial charge in [0.05, 0.1) is 0 Å². The molecule has 76 heavy (non-hydrogen) atoms. The lowest BCUT2D eigenvalue weighted by atomic mass is 9.97. The first kappa shape index (κ1) is 43.7. The summed E-state index contributed by atoms with van der Waals surface area (Å²) in [4.78, 5) is 9.54. The Morgan fingerprint density at radius 1 is 0.289 bits per heavy atom. The summed E-state index contributed by atoms with van der Waals surface area (Å²) < 4.78 is 8.77. The van der Waals surface area contributed by atoms with Crippen LogP contribution in [0.25, 0.3) is 108 Å². The van der Waals surface area contributed by atoms with Crippen LogP contribution in [-0.2, 0) is 0 Å². The van der Waals surface area contributed by atoms with Gasteiger partial charge in [-0.05, 0) is 175 Å². The van der Waals surface area contributed by atoms with Gasteiger partial charge in [0.25, 0.3) is 0 Å². The number of oxazole rings is 1. The van der Waals surface area contributed by atoms with E-state index in [1.165, 1.54) is 80.1 Å². The molecule has 0 bridgehead atoms. The molecule has 0 atom stereocenters. The monoisotopic (exact) mass is 987 g/mol. The van der Waals surface area contributed by atoms with Gasteiger partial charge >= 0.3 is 0 Å². The van der Waals surface area contributed by atoms with Crippen LogP contribution in [0, 0.1) is 0 Å². The molecule has 0 saturated heterocycles. The first-order valence-electron chi connectivity index (χ1n) is 25.7. The topological polar surface area (TPSA) is 32.5 Å². The van der Waals surface area contributed by atoms with Gasteiger partial charge in [0.15, 0.2) is 5.58 Å². The Hall–Kier alpha value is -9.81. The van der Waals surface area contributed by atoms with E-state index in [1.807, 2.05) is 35.6 Å². The first-order chi connectivity index (χ1) is 37.6.